The first kappa shape index (κ1) is 18.9. The molecule has 5 nitrogen and oxygen atoms in total. The maximum absolute atomic E-state index is 13.1. The fourth-order valence-electron chi connectivity index (χ4n) is 4.28. The summed E-state index contributed by atoms with van der Waals surface area (Å²) in [5.74, 6) is 1.80. The second-order valence-electron chi connectivity index (χ2n) is 8.49. The normalized spacial score (nSPS) is 19.0. The zero-order valence-electron chi connectivity index (χ0n) is 17.3. The number of nitrogens with zero attached hydrogens (tertiary/aromatic N) is 4. The summed E-state index contributed by atoms with van der Waals surface area (Å²) in [6, 6.07) is 11.9. The van der Waals surface area contributed by atoms with E-state index in [0.717, 1.165) is 47.6 Å². The molecule has 152 valence electrons. The second kappa shape index (κ2) is 7.98. The Morgan fingerprint density at radius 3 is 2.50 bits per heavy atom. The smallest absolute Gasteiger partial charge is 0.253 e. The molecule has 0 N–H and O–H groups in total. The van der Waals surface area contributed by atoms with Gasteiger partial charge in [-0.1, -0.05) is 17.7 Å². The Morgan fingerprint density at radius 1 is 1.00 bits per heavy atom. The largest absolute Gasteiger partial charge is 0.338 e. The van der Waals surface area contributed by atoms with E-state index in [-0.39, 0.29) is 11.8 Å². The van der Waals surface area contributed by atoms with Crippen molar-refractivity contribution in [3.8, 4) is 11.1 Å². The molecule has 5 heteroatoms. The van der Waals surface area contributed by atoms with Crippen LogP contribution in [0.1, 0.15) is 65.0 Å². The van der Waals surface area contributed by atoms with Gasteiger partial charge in [-0.2, -0.15) is 0 Å². The van der Waals surface area contributed by atoms with Gasteiger partial charge >= 0.3 is 0 Å². The van der Waals surface area contributed by atoms with Crippen molar-refractivity contribution >= 4 is 5.91 Å². The number of hydrogen-bond acceptors (Lipinski definition) is 4. The van der Waals surface area contributed by atoms with Gasteiger partial charge in [-0.15, -0.1) is 0 Å². The van der Waals surface area contributed by atoms with E-state index < -0.39 is 0 Å². The maximum Gasteiger partial charge on any atom is 0.253 e. The number of benzene rings is 1. The van der Waals surface area contributed by atoms with Crippen molar-refractivity contribution in [3.05, 3.63) is 77.6 Å². The summed E-state index contributed by atoms with van der Waals surface area (Å²) in [5.41, 5.74) is 5.16. The molecule has 0 spiro atoms. The summed E-state index contributed by atoms with van der Waals surface area (Å²) in [4.78, 5) is 29.0. The van der Waals surface area contributed by atoms with Gasteiger partial charge in [-0.05, 0) is 62.4 Å². The van der Waals surface area contributed by atoms with Crippen LogP contribution in [0.25, 0.3) is 11.1 Å². The van der Waals surface area contributed by atoms with Gasteiger partial charge in [-0.25, -0.2) is 9.97 Å². The molecule has 1 saturated heterocycles. The highest BCUT2D eigenvalue weighted by molar-refractivity contribution is 5.94. The molecule has 1 saturated carbocycles. The minimum absolute atomic E-state index is 0.113. The number of piperidine rings is 1. The zero-order chi connectivity index (χ0) is 20.5. The molecule has 1 unspecified atom stereocenters. The van der Waals surface area contributed by atoms with Crippen LogP contribution in [0.4, 0.5) is 0 Å². The van der Waals surface area contributed by atoms with Crippen LogP contribution in [-0.2, 0) is 0 Å². The SMILES string of the molecule is Cc1ccc(C(=O)N2CCCC(c3nc(C4CC4)ncc3-c3ccncc3)C2)cc1. The fourth-order valence-corrected chi connectivity index (χ4v) is 4.28. The summed E-state index contributed by atoms with van der Waals surface area (Å²) < 4.78 is 0. The first-order chi connectivity index (χ1) is 14.7. The Bertz CT molecular complexity index is 1040. The van der Waals surface area contributed by atoms with Crippen molar-refractivity contribution in [2.24, 2.45) is 0 Å². The number of hydrogen-bond donors (Lipinski definition) is 0. The van der Waals surface area contributed by atoms with E-state index in [2.05, 4.69) is 9.97 Å². The Morgan fingerprint density at radius 2 is 1.77 bits per heavy atom. The van der Waals surface area contributed by atoms with E-state index in [4.69, 9.17) is 4.98 Å². The van der Waals surface area contributed by atoms with Crippen LogP contribution in [-0.4, -0.2) is 38.8 Å². The first-order valence-corrected chi connectivity index (χ1v) is 10.8. The van der Waals surface area contributed by atoms with Crippen molar-refractivity contribution in [2.75, 3.05) is 13.1 Å². The lowest BCUT2D eigenvalue weighted by Gasteiger charge is -2.33. The van der Waals surface area contributed by atoms with Crippen LogP contribution in [0.2, 0.25) is 0 Å². The molecule has 30 heavy (non-hydrogen) atoms. The minimum atomic E-state index is 0.113. The summed E-state index contributed by atoms with van der Waals surface area (Å²) in [6.07, 6.45) is 9.97. The molecule has 3 aromatic rings. The van der Waals surface area contributed by atoms with Gasteiger partial charge < -0.3 is 4.90 Å². The number of rotatable bonds is 4. The molecule has 5 rings (SSSR count). The Kier molecular flexibility index (Phi) is 5.03. The lowest BCUT2D eigenvalue weighted by Crippen LogP contribution is -2.39. The summed E-state index contributed by atoms with van der Waals surface area (Å²) in [7, 11) is 0. The van der Waals surface area contributed by atoms with Crippen LogP contribution in [0.5, 0.6) is 0 Å². The van der Waals surface area contributed by atoms with E-state index in [9.17, 15) is 4.79 Å². The first-order valence-electron chi connectivity index (χ1n) is 10.8. The number of carbonyl (C=O) groups excluding carboxylic acids is 1. The molecule has 0 bridgehead atoms. The third-order valence-electron chi connectivity index (χ3n) is 6.16. The molecular formula is C25H26N4O. The molecule has 2 aliphatic rings. The van der Waals surface area contributed by atoms with E-state index in [1.54, 1.807) is 0 Å². The minimum Gasteiger partial charge on any atom is -0.338 e. The maximum atomic E-state index is 13.1. The lowest BCUT2D eigenvalue weighted by atomic mass is 9.89. The lowest BCUT2D eigenvalue weighted by molar-refractivity contribution is 0.0706. The van der Waals surface area contributed by atoms with E-state index >= 15 is 0 Å². The number of carbonyl (C=O) groups is 1. The highest BCUT2D eigenvalue weighted by Crippen LogP contribution is 2.40. The number of aromatic nitrogens is 3. The van der Waals surface area contributed by atoms with Crippen molar-refractivity contribution < 1.29 is 4.79 Å². The molecule has 1 aliphatic heterocycles. The topological polar surface area (TPSA) is 59.0 Å². The third-order valence-corrected chi connectivity index (χ3v) is 6.16. The van der Waals surface area contributed by atoms with Crippen molar-refractivity contribution in [2.45, 2.75) is 44.4 Å². The van der Waals surface area contributed by atoms with Crippen LogP contribution in [0, 0.1) is 6.92 Å². The number of pyridine rings is 1. The molecule has 1 aliphatic carbocycles. The highest BCUT2D eigenvalue weighted by atomic mass is 16.2. The van der Waals surface area contributed by atoms with E-state index in [0.29, 0.717) is 12.5 Å². The number of aryl methyl sites for hydroxylation is 1. The Labute approximate surface area is 177 Å². The van der Waals surface area contributed by atoms with Gasteiger partial charge in [0.1, 0.15) is 5.82 Å². The molecule has 1 atom stereocenters. The van der Waals surface area contributed by atoms with Crippen LogP contribution in [0.15, 0.2) is 55.0 Å². The van der Waals surface area contributed by atoms with Gasteiger partial charge in [0.25, 0.3) is 5.91 Å². The van der Waals surface area contributed by atoms with Gasteiger partial charge in [-0.3, -0.25) is 9.78 Å². The number of amides is 1. The number of likely N-dealkylation sites (tertiary alicyclic amines) is 1. The highest BCUT2D eigenvalue weighted by Gasteiger charge is 2.31. The fraction of sp³-hybridized carbons (Fsp3) is 0.360. The standard InChI is InChI=1S/C25H26N4O/c1-17-4-6-20(7-5-17)25(30)29-14-2-3-21(16-29)23-22(18-10-12-26-13-11-18)15-27-24(28-23)19-8-9-19/h4-7,10-13,15,19,21H,2-3,8-9,14,16H2,1H3. The van der Waals surface area contributed by atoms with Gasteiger partial charge in [0.15, 0.2) is 0 Å². The molecule has 2 fully saturated rings. The van der Waals surface area contributed by atoms with Gasteiger partial charge in [0.2, 0.25) is 0 Å². The van der Waals surface area contributed by atoms with E-state index in [1.807, 2.05) is 66.8 Å². The third kappa shape index (κ3) is 3.84. The monoisotopic (exact) mass is 398 g/mol. The van der Waals surface area contributed by atoms with Crippen molar-refractivity contribution in [1.29, 1.82) is 0 Å². The molecule has 3 heterocycles. The zero-order valence-corrected chi connectivity index (χ0v) is 17.3. The summed E-state index contributed by atoms with van der Waals surface area (Å²) in [5, 5.41) is 0. The molecule has 1 aromatic carbocycles. The van der Waals surface area contributed by atoms with Crippen molar-refractivity contribution in [1.82, 2.24) is 19.9 Å². The van der Waals surface area contributed by atoms with Crippen molar-refractivity contribution in [3.63, 3.8) is 0 Å². The van der Waals surface area contributed by atoms with Gasteiger partial charge in [0, 0.05) is 54.6 Å². The van der Waals surface area contributed by atoms with E-state index in [1.165, 1.54) is 18.4 Å². The predicted molar refractivity (Wildman–Crippen MR) is 116 cm³/mol. The van der Waals surface area contributed by atoms with Crippen LogP contribution in [0.3, 0.4) is 0 Å². The van der Waals surface area contributed by atoms with Crippen LogP contribution < -0.4 is 0 Å². The average Bonchev–Trinajstić information content (AvgIpc) is 3.65. The Hall–Kier alpha value is -3.08. The molecule has 1 amide bonds. The van der Waals surface area contributed by atoms with Crippen LogP contribution >= 0.6 is 0 Å². The summed E-state index contributed by atoms with van der Waals surface area (Å²) >= 11 is 0. The predicted octanol–water partition coefficient (Wildman–Crippen LogP) is 4.74. The summed E-state index contributed by atoms with van der Waals surface area (Å²) in [6.45, 7) is 3.54. The second-order valence-corrected chi connectivity index (χ2v) is 8.49. The quantitative estimate of drug-likeness (QED) is 0.637. The van der Waals surface area contributed by atoms with Gasteiger partial charge in [0.05, 0.1) is 5.69 Å². The molecule has 0 radical (unpaired) electrons. The average molecular weight is 399 g/mol. The Balaban J connectivity index is 1.46. The molecular weight excluding hydrogens is 372 g/mol. The molecule has 2 aromatic heterocycles.